The fourth-order valence-electron chi connectivity index (χ4n) is 0.786. The first-order valence-corrected chi connectivity index (χ1v) is 5.01. The summed E-state index contributed by atoms with van der Waals surface area (Å²) in [6.07, 6.45) is 16.4. The predicted molar refractivity (Wildman–Crippen MR) is 62.1 cm³/mol. The van der Waals surface area contributed by atoms with E-state index in [1.807, 2.05) is 24.3 Å². The standard InChI is InChI=1S/C13H18O/c1-3-5-7-9-11-13(14)12-10-8-6-4-2/h5-12H,3-4H2,1-2H3/b7-5+,8-6+,11-9+,12-10+. The third kappa shape index (κ3) is 8.72. The van der Waals surface area contributed by atoms with E-state index < -0.39 is 0 Å². The van der Waals surface area contributed by atoms with Crippen molar-refractivity contribution in [3.8, 4) is 0 Å². The molecule has 76 valence electrons. The lowest BCUT2D eigenvalue weighted by molar-refractivity contribution is -0.110. The molecule has 1 nitrogen and oxygen atoms in total. The molecule has 0 saturated heterocycles. The molecular formula is C13H18O. The van der Waals surface area contributed by atoms with Crippen molar-refractivity contribution < 1.29 is 4.79 Å². The Balaban J connectivity index is 3.85. The molecule has 0 aromatic carbocycles. The molecule has 0 aliphatic carbocycles. The van der Waals surface area contributed by atoms with Gasteiger partial charge in [-0.2, -0.15) is 0 Å². The second kappa shape index (κ2) is 9.72. The minimum Gasteiger partial charge on any atom is -0.290 e. The van der Waals surface area contributed by atoms with Crippen LogP contribution in [0, 0.1) is 0 Å². The molecule has 0 bridgehead atoms. The highest BCUT2D eigenvalue weighted by Gasteiger charge is 1.83. The average molecular weight is 190 g/mol. The number of carbonyl (C=O) groups is 1. The summed E-state index contributed by atoms with van der Waals surface area (Å²) in [5, 5.41) is 0. The van der Waals surface area contributed by atoms with E-state index in [1.54, 1.807) is 24.3 Å². The Morgan fingerprint density at radius 3 is 1.64 bits per heavy atom. The number of ketones is 1. The first-order chi connectivity index (χ1) is 6.81. The van der Waals surface area contributed by atoms with E-state index in [9.17, 15) is 4.79 Å². The minimum atomic E-state index is 0.0199. The Morgan fingerprint density at radius 1 is 0.857 bits per heavy atom. The molecule has 0 aliphatic rings. The van der Waals surface area contributed by atoms with Gasteiger partial charge in [0, 0.05) is 0 Å². The summed E-state index contributed by atoms with van der Waals surface area (Å²) in [5.41, 5.74) is 0. The van der Waals surface area contributed by atoms with Gasteiger partial charge < -0.3 is 0 Å². The fraction of sp³-hybridized carbons (Fsp3) is 0.308. The van der Waals surface area contributed by atoms with E-state index in [-0.39, 0.29) is 5.78 Å². The summed E-state index contributed by atoms with van der Waals surface area (Å²) in [7, 11) is 0. The Bertz CT molecular complexity index is 228. The molecule has 0 atom stereocenters. The number of allylic oxidation sites excluding steroid dienone is 8. The van der Waals surface area contributed by atoms with Crippen LogP contribution in [0.5, 0.6) is 0 Å². The zero-order valence-electron chi connectivity index (χ0n) is 8.94. The highest BCUT2D eigenvalue weighted by atomic mass is 16.1. The van der Waals surface area contributed by atoms with Crippen LogP contribution in [0.4, 0.5) is 0 Å². The number of hydrogen-bond acceptors (Lipinski definition) is 1. The normalized spacial score (nSPS) is 12.7. The maximum Gasteiger partial charge on any atom is 0.178 e. The average Bonchev–Trinajstić information content (AvgIpc) is 2.19. The molecule has 0 aromatic rings. The molecule has 0 amide bonds. The predicted octanol–water partition coefficient (Wildman–Crippen LogP) is 3.60. The Labute approximate surface area is 86.5 Å². The van der Waals surface area contributed by atoms with Gasteiger partial charge in [-0.3, -0.25) is 4.79 Å². The molecule has 0 N–H and O–H groups in total. The zero-order chi connectivity index (χ0) is 10.6. The van der Waals surface area contributed by atoms with Gasteiger partial charge in [0.1, 0.15) is 0 Å². The SMILES string of the molecule is CC/C=C/C=C/C(=O)/C=C/C=C/CC. The number of carbonyl (C=O) groups excluding carboxylic acids is 1. The highest BCUT2D eigenvalue weighted by molar-refractivity contribution is 5.99. The van der Waals surface area contributed by atoms with Gasteiger partial charge in [0.2, 0.25) is 0 Å². The lowest BCUT2D eigenvalue weighted by Crippen LogP contribution is -1.82. The van der Waals surface area contributed by atoms with Gasteiger partial charge >= 0.3 is 0 Å². The molecule has 0 heterocycles. The molecule has 14 heavy (non-hydrogen) atoms. The molecule has 0 fully saturated rings. The molecule has 0 unspecified atom stereocenters. The number of rotatable bonds is 6. The van der Waals surface area contributed by atoms with Gasteiger partial charge in [0.25, 0.3) is 0 Å². The molecule has 1 heteroatoms. The smallest absolute Gasteiger partial charge is 0.178 e. The van der Waals surface area contributed by atoms with Gasteiger partial charge in [-0.15, -0.1) is 0 Å². The molecule has 0 rings (SSSR count). The lowest BCUT2D eigenvalue weighted by atomic mass is 10.3. The summed E-state index contributed by atoms with van der Waals surface area (Å²) >= 11 is 0. The van der Waals surface area contributed by atoms with Crippen LogP contribution in [0.25, 0.3) is 0 Å². The maximum atomic E-state index is 11.1. The van der Waals surface area contributed by atoms with Crippen molar-refractivity contribution in [1.29, 1.82) is 0 Å². The molecule has 0 radical (unpaired) electrons. The summed E-state index contributed by atoms with van der Waals surface area (Å²) in [6, 6.07) is 0. The van der Waals surface area contributed by atoms with Crippen molar-refractivity contribution in [3.05, 3.63) is 48.6 Å². The van der Waals surface area contributed by atoms with Crippen LogP contribution in [0.1, 0.15) is 26.7 Å². The summed E-state index contributed by atoms with van der Waals surface area (Å²) in [4.78, 5) is 11.1. The van der Waals surface area contributed by atoms with Crippen molar-refractivity contribution in [3.63, 3.8) is 0 Å². The molecule has 0 aromatic heterocycles. The topological polar surface area (TPSA) is 17.1 Å². The van der Waals surface area contributed by atoms with Gasteiger partial charge in [-0.05, 0) is 25.0 Å². The van der Waals surface area contributed by atoms with Crippen LogP contribution in [-0.4, -0.2) is 5.78 Å². The van der Waals surface area contributed by atoms with E-state index in [4.69, 9.17) is 0 Å². The third-order valence-electron chi connectivity index (χ3n) is 1.49. The quantitative estimate of drug-likeness (QED) is 0.462. The maximum absolute atomic E-state index is 11.1. The van der Waals surface area contributed by atoms with E-state index in [0.717, 1.165) is 12.8 Å². The first-order valence-electron chi connectivity index (χ1n) is 5.01. The first kappa shape index (κ1) is 12.6. The summed E-state index contributed by atoms with van der Waals surface area (Å²) in [5.74, 6) is 0.0199. The van der Waals surface area contributed by atoms with Crippen molar-refractivity contribution in [2.75, 3.05) is 0 Å². The largest absolute Gasteiger partial charge is 0.290 e. The second-order valence-electron chi connectivity index (χ2n) is 2.79. The van der Waals surface area contributed by atoms with E-state index in [1.165, 1.54) is 0 Å². The Morgan fingerprint density at radius 2 is 1.29 bits per heavy atom. The molecular weight excluding hydrogens is 172 g/mol. The fourth-order valence-corrected chi connectivity index (χ4v) is 0.786. The number of hydrogen-bond donors (Lipinski definition) is 0. The van der Waals surface area contributed by atoms with Gasteiger partial charge in [0.15, 0.2) is 5.78 Å². The van der Waals surface area contributed by atoms with Gasteiger partial charge in [0.05, 0.1) is 0 Å². The summed E-state index contributed by atoms with van der Waals surface area (Å²) in [6.45, 7) is 4.11. The van der Waals surface area contributed by atoms with Crippen LogP contribution >= 0.6 is 0 Å². The highest BCUT2D eigenvalue weighted by Crippen LogP contribution is 1.87. The third-order valence-corrected chi connectivity index (χ3v) is 1.49. The van der Waals surface area contributed by atoms with Crippen molar-refractivity contribution in [1.82, 2.24) is 0 Å². The Hall–Kier alpha value is -1.37. The van der Waals surface area contributed by atoms with Gasteiger partial charge in [-0.1, -0.05) is 50.3 Å². The zero-order valence-corrected chi connectivity index (χ0v) is 8.94. The van der Waals surface area contributed by atoms with E-state index in [0.29, 0.717) is 0 Å². The van der Waals surface area contributed by atoms with Crippen LogP contribution in [0.15, 0.2) is 48.6 Å². The van der Waals surface area contributed by atoms with Crippen LogP contribution in [0.2, 0.25) is 0 Å². The second-order valence-corrected chi connectivity index (χ2v) is 2.79. The van der Waals surface area contributed by atoms with E-state index >= 15 is 0 Å². The Kier molecular flexibility index (Phi) is 8.77. The van der Waals surface area contributed by atoms with Crippen LogP contribution < -0.4 is 0 Å². The van der Waals surface area contributed by atoms with Crippen molar-refractivity contribution in [2.24, 2.45) is 0 Å². The molecule has 0 aliphatic heterocycles. The van der Waals surface area contributed by atoms with Crippen molar-refractivity contribution in [2.45, 2.75) is 26.7 Å². The van der Waals surface area contributed by atoms with E-state index in [2.05, 4.69) is 13.8 Å². The minimum absolute atomic E-state index is 0.0199. The van der Waals surface area contributed by atoms with Crippen molar-refractivity contribution >= 4 is 5.78 Å². The van der Waals surface area contributed by atoms with Gasteiger partial charge in [-0.25, -0.2) is 0 Å². The van der Waals surface area contributed by atoms with Crippen LogP contribution in [-0.2, 0) is 4.79 Å². The summed E-state index contributed by atoms with van der Waals surface area (Å²) < 4.78 is 0. The van der Waals surface area contributed by atoms with Crippen LogP contribution in [0.3, 0.4) is 0 Å². The monoisotopic (exact) mass is 190 g/mol. The lowest BCUT2D eigenvalue weighted by Gasteiger charge is -1.80. The molecule has 0 saturated carbocycles. The molecule has 0 spiro atoms.